The summed E-state index contributed by atoms with van der Waals surface area (Å²) in [6.45, 7) is 7.60. The van der Waals surface area contributed by atoms with Crippen LogP contribution in [0.15, 0.2) is 49.1 Å². The molecule has 2 aromatic heterocycles. The maximum Gasteiger partial charge on any atom is 0.410 e. The van der Waals surface area contributed by atoms with Crippen molar-refractivity contribution in [1.29, 1.82) is 0 Å². The normalized spacial score (nSPS) is 17.1. The van der Waals surface area contributed by atoms with Gasteiger partial charge in [0.25, 0.3) is 0 Å². The molecule has 1 aliphatic heterocycles. The van der Waals surface area contributed by atoms with Gasteiger partial charge in [-0.1, -0.05) is 37.1 Å². The summed E-state index contributed by atoms with van der Waals surface area (Å²) in [4.78, 5) is 22.6. The molecule has 1 N–H and O–H groups in total. The van der Waals surface area contributed by atoms with Gasteiger partial charge >= 0.3 is 6.09 Å². The highest BCUT2D eigenvalue weighted by atomic mass is 35.5. The molecule has 3 aromatic rings. The van der Waals surface area contributed by atoms with Crippen LogP contribution in [0.3, 0.4) is 0 Å². The van der Waals surface area contributed by atoms with Crippen LogP contribution in [0.5, 0.6) is 0 Å². The van der Waals surface area contributed by atoms with Gasteiger partial charge < -0.3 is 19.5 Å². The minimum absolute atomic E-state index is 0.120. The molecule has 44 heavy (non-hydrogen) atoms. The number of nitrogens with zero attached hydrogens (tertiary/aromatic N) is 4. The van der Waals surface area contributed by atoms with Crippen LogP contribution < -0.4 is 5.32 Å². The number of ether oxygens (including phenoxy) is 1. The van der Waals surface area contributed by atoms with E-state index in [-0.39, 0.29) is 17.6 Å². The Balaban J connectivity index is 0.000000231. The quantitative estimate of drug-likeness (QED) is 0.323. The average molecular weight is 614 g/mol. The molecular formula is C36H44ClN5O2. The third-order valence-corrected chi connectivity index (χ3v) is 8.60. The lowest BCUT2D eigenvalue weighted by molar-refractivity contribution is -0.0220. The first-order valence-corrected chi connectivity index (χ1v) is 15.5. The van der Waals surface area contributed by atoms with Crippen LogP contribution in [0.4, 0.5) is 4.79 Å². The molecule has 1 saturated heterocycles. The van der Waals surface area contributed by atoms with Crippen LogP contribution in [-0.2, 0) is 18.2 Å². The molecule has 6 rings (SSSR count). The van der Waals surface area contributed by atoms with Gasteiger partial charge in [0.05, 0.1) is 12.0 Å². The predicted molar refractivity (Wildman–Crippen MR) is 180 cm³/mol. The highest BCUT2D eigenvalue weighted by Crippen LogP contribution is 2.39. The average Bonchev–Trinajstić information content (AvgIpc) is 3.42. The summed E-state index contributed by atoms with van der Waals surface area (Å²) in [5.41, 5.74) is 6.97. The first kappa shape index (κ1) is 34.5. The Kier molecular flexibility index (Phi) is 13.1. The first-order valence-electron chi connectivity index (χ1n) is 15.1. The van der Waals surface area contributed by atoms with Gasteiger partial charge in [0, 0.05) is 68.7 Å². The van der Waals surface area contributed by atoms with Crippen molar-refractivity contribution in [2.24, 2.45) is 7.05 Å². The number of pyridine rings is 1. The van der Waals surface area contributed by atoms with Crippen molar-refractivity contribution in [3.8, 4) is 25.7 Å². The smallest absolute Gasteiger partial charge is 0.410 e. The van der Waals surface area contributed by atoms with Crippen molar-refractivity contribution in [2.75, 3.05) is 26.2 Å². The fourth-order valence-electron chi connectivity index (χ4n) is 5.95. The number of benzene rings is 1. The van der Waals surface area contributed by atoms with Gasteiger partial charge in [-0.2, -0.15) is 0 Å². The number of rotatable bonds is 3. The van der Waals surface area contributed by atoms with Crippen molar-refractivity contribution in [3.63, 3.8) is 0 Å². The molecule has 1 aromatic carbocycles. The molecule has 0 bridgehead atoms. The minimum atomic E-state index is -0.208. The van der Waals surface area contributed by atoms with Crippen LogP contribution >= 0.6 is 11.6 Å². The summed E-state index contributed by atoms with van der Waals surface area (Å²) in [5, 5.41) is 3.99. The number of imidazole rings is 1. The number of piperazine rings is 1. The Morgan fingerprint density at radius 1 is 1.09 bits per heavy atom. The van der Waals surface area contributed by atoms with Crippen molar-refractivity contribution in [2.45, 2.75) is 63.9 Å². The summed E-state index contributed by atoms with van der Waals surface area (Å²) >= 11 is 6.31. The SMILES string of the molecule is C#C.C#C.CC1(OC(=O)N2CCNCC2)CCCCC1.C[C@H](C1=Cc2cccnc2Cc2ccc(Cl)cc21)c1cncn1C. The lowest BCUT2D eigenvalue weighted by atomic mass is 9.86. The second kappa shape index (κ2) is 16.7. The summed E-state index contributed by atoms with van der Waals surface area (Å²) in [5.74, 6) is 0.209. The van der Waals surface area contributed by atoms with E-state index >= 15 is 0 Å². The fourth-order valence-corrected chi connectivity index (χ4v) is 6.13. The van der Waals surface area contributed by atoms with Crippen molar-refractivity contribution in [1.82, 2.24) is 24.8 Å². The molecule has 3 aliphatic rings. The zero-order chi connectivity index (χ0) is 32.1. The molecule has 1 amide bonds. The standard InChI is InChI=1S/C20H18ClN3.C12H22N2O2.2C2H2/c1-13(20-11-22-12-24(20)2)17-8-15-4-3-7-23-19(15)9-14-5-6-16(21)10-18(14)17;1-12(5-3-2-4-6-12)16-11(15)14-9-7-13-8-10-14;2*1-2/h3-8,10-13H,9H2,1-2H3;13H,2-10H2,1H3;2*1-2H/t13-;;;/m1.../s1. The Morgan fingerprint density at radius 3 is 2.45 bits per heavy atom. The number of hydrogen-bond acceptors (Lipinski definition) is 5. The number of terminal acetylenes is 2. The predicted octanol–water partition coefficient (Wildman–Crippen LogP) is 6.97. The van der Waals surface area contributed by atoms with Gasteiger partial charge in [-0.3, -0.25) is 4.98 Å². The van der Waals surface area contributed by atoms with Crippen molar-refractivity contribution < 1.29 is 9.53 Å². The second-order valence-electron chi connectivity index (χ2n) is 11.4. The van der Waals surface area contributed by atoms with E-state index in [2.05, 4.69) is 83.7 Å². The molecule has 0 spiro atoms. The van der Waals surface area contributed by atoms with Gasteiger partial charge in [0.15, 0.2) is 0 Å². The Bertz CT molecular complexity index is 1440. The maximum absolute atomic E-state index is 11.9. The third kappa shape index (κ3) is 8.76. The molecule has 1 atom stereocenters. The van der Waals surface area contributed by atoms with E-state index in [1.54, 1.807) is 0 Å². The minimum Gasteiger partial charge on any atom is -0.443 e. The van der Waals surface area contributed by atoms with Crippen LogP contribution in [-0.4, -0.2) is 57.3 Å². The van der Waals surface area contributed by atoms with E-state index in [1.165, 1.54) is 47.2 Å². The first-order chi connectivity index (χ1) is 21.3. The van der Waals surface area contributed by atoms with Gasteiger partial charge in [-0.05, 0) is 79.1 Å². The largest absolute Gasteiger partial charge is 0.443 e. The van der Waals surface area contributed by atoms with Crippen molar-refractivity contribution >= 4 is 29.3 Å². The number of aryl methyl sites for hydroxylation is 1. The van der Waals surface area contributed by atoms with E-state index in [9.17, 15) is 4.79 Å². The monoisotopic (exact) mass is 613 g/mol. The van der Waals surface area contributed by atoms with Crippen LogP contribution in [0.25, 0.3) is 11.6 Å². The zero-order valence-electron chi connectivity index (χ0n) is 26.1. The summed E-state index contributed by atoms with van der Waals surface area (Å²) in [6.07, 6.45) is 30.3. The molecule has 3 heterocycles. The summed E-state index contributed by atoms with van der Waals surface area (Å²) < 4.78 is 7.75. The molecular weight excluding hydrogens is 570 g/mol. The highest BCUT2D eigenvalue weighted by Gasteiger charge is 2.32. The summed E-state index contributed by atoms with van der Waals surface area (Å²) in [6, 6.07) is 10.3. The van der Waals surface area contributed by atoms with Crippen molar-refractivity contribution in [3.05, 3.63) is 82.2 Å². The van der Waals surface area contributed by atoms with E-state index in [0.717, 1.165) is 56.2 Å². The maximum atomic E-state index is 11.9. The molecule has 0 unspecified atom stereocenters. The van der Waals surface area contributed by atoms with Crippen LogP contribution in [0.1, 0.15) is 79.9 Å². The van der Waals surface area contributed by atoms with E-state index in [4.69, 9.17) is 16.3 Å². The second-order valence-corrected chi connectivity index (χ2v) is 11.8. The molecule has 7 nitrogen and oxygen atoms in total. The number of halogens is 1. The van der Waals surface area contributed by atoms with E-state index < -0.39 is 0 Å². The third-order valence-electron chi connectivity index (χ3n) is 8.36. The lowest BCUT2D eigenvalue weighted by Crippen LogP contribution is -2.49. The lowest BCUT2D eigenvalue weighted by Gasteiger charge is -2.36. The Labute approximate surface area is 268 Å². The number of allylic oxidation sites excluding steroid dienone is 1. The number of aromatic nitrogens is 3. The highest BCUT2D eigenvalue weighted by molar-refractivity contribution is 6.30. The molecule has 232 valence electrons. The molecule has 2 aliphatic carbocycles. The van der Waals surface area contributed by atoms with Gasteiger partial charge in [-0.25, -0.2) is 9.78 Å². The topological polar surface area (TPSA) is 72.3 Å². The fraction of sp³-hybridized carbons (Fsp3) is 0.417. The summed E-state index contributed by atoms with van der Waals surface area (Å²) in [7, 11) is 2.03. The Morgan fingerprint density at radius 2 is 1.80 bits per heavy atom. The van der Waals surface area contributed by atoms with Gasteiger partial charge in [0.2, 0.25) is 0 Å². The molecule has 1 saturated carbocycles. The number of amides is 1. The number of carbonyl (C=O) groups is 1. The van der Waals surface area contributed by atoms with Crippen LogP contribution in [0, 0.1) is 25.7 Å². The van der Waals surface area contributed by atoms with E-state index in [0.29, 0.717) is 0 Å². The van der Waals surface area contributed by atoms with Gasteiger partial charge in [0.1, 0.15) is 5.60 Å². The van der Waals surface area contributed by atoms with Crippen LogP contribution in [0.2, 0.25) is 5.02 Å². The number of carbonyl (C=O) groups excluding carboxylic acids is 1. The molecule has 8 heteroatoms. The number of fused-ring (bicyclic) bond motifs is 2. The molecule has 2 fully saturated rings. The number of hydrogen-bond donors (Lipinski definition) is 1. The molecule has 0 radical (unpaired) electrons. The zero-order valence-corrected chi connectivity index (χ0v) is 26.9. The number of nitrogens with one attached hydrogen (secondary N) is 1. The van der Waals surface area contributed by atoms with E-state index in [1.807, 2.05) is 42.8 Å². The van der Waals surface area contributed by atoms with Gasteiger partial charge in [-0.15, -0.1) is 25.7 Å². The Hall–Kier alpha value is -4.04.